The Morgan fingerprint density at radius 1 is 1.25 bits per heavy atom. The molecule has 1 rings (SSSR count). The minimum atomic E-state index is 0.140. The van der Waals surface area contributed by atoms with Crippen molar-refractivity contribution in [1.29, 1.82) is 0 Å². The van der Waals surface area contributed by atoms with E-state index in [1.54, 1.807) is 11.8 Å². The van der Waals surface area contributed by atoms with Crippen molar-refractivity contribution in [3.8, 4) is 0 Å². The summed E-state index contributed by atoms with van der Waals surface area (Å²) in [6, 6.07) is 6.26. The van der Waals surface area contributed by atoms with Gasteiger partial charge >= 0.3 is 0 Å². The van der Waals surface area contributed by atoms with Gasteiger partial charge < -0.3 is 5.11 Å². The van der Waals surface area contributed by atoms with Crippen molar-refractivity contribution in [3.05, 3.63) is 29.3 Å². The highest BCUT2D eigenvalue weighted by Crippen LogP contribution is 2.19. The topological polar surface area (TPSA) is 20.2 Å². The summed E-state index contributed by atoms with van der Waals surface area (Å²) in [6.45, 7) is 2.27. The lowest BCUT2D eigenvalue weighted by Crippen LogP contribution is -1.88. The van der Waals surface area contributed by atoms with Crippen LogP contribution >= 0.6 is 11.8 Å². The van der Waals surface area contributed by atoms with E-state index in [1.165, 1.54) is 10.5 Å². The molecule has 0 bridgehead atoms. The average molecular weight is 182 g/mol. The van der Waals surface area contributed by atoms with Gasteiger partial charge in [-0.3, -0.25) is 0 Å². The van der Waals surface area contributed by atoms with E-state index in [2.05, 4.69) is 25.3 Å². The highest BCUT2D eigenvalue weighted by Gasteiger charge is 1.97. The van der Waals surface area contributed by atoms with Gasteiger partial charge in [0.05, 0.1) is 6.61 Å². The third kappa shape index (κ3) is 2.26. The summed E-state index contributed by atoms with van der Waals surface area (Å²) >= 11 is 1.72. The van der Waals surface area contributed by atoms with Crippen LogP contribution in [-0.4, -0.2) is 11.4 Å². The molecule has 0 spiro atoms. The Bertz CT molecular complexity index is 203. The Hall–Kier alpha value is -0.470. The van der Waals surface area contributed by atoms with E-state index in [1.807, 2.05) is 6.07 Å². The number of aliphatic hydroxyl groups is 1. The lowest BCUT2D eigenvalue weighted by atomic mass is 10.1. The van der Waals surface area contributed by atoms with Crippen LogP contribution in [0.5, 0.6) is 0 Å². The summed E-state index contributed by atoms with van der Waals surface area (Å²) in [4.78, 5) is 1.23. The zero-order chi connectivity index (χ0) is 8.97. The van der Waals surface area contributed by atoms with Gasteiger partial charge in [-0.05, 0) is 35.9 Å². The van der Waals surface area contributed by atoms with Crippen molar-refractivity contribution in [2.24, 2.45) is 0 Å². The number of rotatable bonds is 3. The van der Waals surface area contributed by atoms with Gasteiger partial charge in [0.1, 0.15) is 0 Å². The quantitative estimate of drug-likeness (QED) is 0.725. The van der Waals surface area contributed by atoms with Gasteiger partial charge in [0.2, 0.25) is 0 Å². The minimum absolute atomic E-state index is 0.140. The molecule has 66 valence electrons. The fourth-order valence-corrected chi connectivity index (χ4v) is 1.68. The molecule has 0 saturated heterocycles. The smallest absolute Gasteiger partial charge is 0.0682 e. The minimum Gasteiger partial charge on any atom is -0.392 e. The molecule has 1 nitrogen and oxygen atoms in total. The van der Waals surface area contributed by atoms with E-state index in [9.17, 15) is 0 Å². The van der Waals surface area contributed by atoms with E-state index in [0.29, 0.717) is 0 Å². The molecule has 0 aliphatic heterocycles. The Morgan fingerprint density at radius 2 is 1.92 bits per heavy atom. The number of hydrogen-bond acceptors (Lipinski definition) is 2. The second-order valence-electron chi connectivity index (χ2n) is 2.70. The third-order valence-corrected chi connectivity index (χ3v) is 2.56. The summed E-state index contributed by atoms with van der Waals surface area (Å²) in [5.74, 6) is 0. The van der Waals surface area contributed by atoms with E-state index < -0.39 is 0 Å². The molecule has 1 N–H and O–H groups in total. The van der Waals surface area contributed by atoms with Crippen LogP contribution in [0.15, 0.2) is 23.1 Å². The predicted molar refractivity (Wildman–Crippen MR) is 53.5 cm³/mol. The molecule has 0 radical (unpaired) electrons. The number of benzene rings is 1. The van der Waals surface area contributed by atoms with Crippen LogP contribution in [0, 0.1) is 0 Å². The molecular weight excluding hydrogens is 168 g/mol. The van der Waals surface area contributed by atoms with Gasteiger partial charge in [-0.25, -0.2) is 0 Å². The maximum absolute atomic E-state index is 8.97. The molecule has 0 aliphatic rings. The monoisotopic (exact) mass is 182 g/mol. The van der Waals surface area contributed by atoms with Crippen molar-refractivity contribution in [2.75, 3.05) is 6.26 Å². The lowest BCUT2D eigenvalue weighted by Gasteiger charge is -2.04. The van der Waals surface area contributed by atoms with Gasteiger partial charge in [-0.15, -0.1) is 11.8 Å². The first-order valence-corrected chi connectivity index (χ1v) is 5.30. The van der Waals surface area contributed by atoms with Gasteiger partial charge in [0, 0.05) is 4.90 Å². The maximum atomic E-state index is 8.97. The van der Waals surface area contributed by atoms with E-state index >= 15 is 0 Å². The van der Waals surface area contributed by atoms with E-state index in [4.69, 9.17) is 5.11 Å². The Labute approximate surface area is 77.8 Å². The van der Waals surface area contributed by atoms with Crippen LogP contribution < -0.4 is 0 Å². The maximum Gasteiger partial charge on any atom is 0.0682 e. The zero-order valence-electron chi connectivity index (χ0n) is 7.50. The molecule has 1 aromatic rings. The van der Waals surface area contributed by atoms with Crippen molar-refractivity contribution in [3.63, 3.8) is 0 Å². The summed E-state index contributed by atoms with van der Waals surface area (Å²) in [5.41, 5.74) is 2.31. The summed E-state index contributed by atoms with van der Waals surface area (Å²) in [7, 11) is 0. The molecule has 0 heterocycles. The summed E-state index contributed by atoms with van der Waals surface area (Å²) in [6.07, 6.45) is 3.08. The van der Waals surface area contributed by atoms with Gasteiger partial charge in [0.15, 0.2) is 0 Å². The lowest BCUT2D eigenvalue weighted by molar-refractivity contribution is 0.281. The number of hydrogen-bond donors (Lipinski definition) is 1. The average Bonchev–Trinajstić information content (AvgIpc) is 2.16. The van der Waals surface area contributed by atoms with Gasteiger partial charge in [0.25, 0.3) is 0 Å². The second kappa shape index (κ2) is 4.53. The summed E-state index contributed by atoms with van der Waals surface area (Å²) in [5, 5.41) is 8.97. The first-order valence-electron chi connectivity index (χ1n) is 4.07. The van der Waals surface area contributed by atoms with Crippen molar-refractivity contribution in [2.45, 2.75) is 24.8 Å². The second-order valence-corrected chi connectivity index (χ2v) is 3.58. The molecule has 0 fully saturated rings. The molecule has 0 amide bonds. The van der Waals surface area contributed by atoms with Crippen LogP contribution in [0.25, 0.3) is 0 Å². The molecule has 0 atom stereocenters. The molecule has 1 aromatic carbocycles. The molecule has 0 aromatic heterocycles. The summed E-state index contributed by atoms with van der Waals surface area (Å²) < 4.78 is 0. The van der Waals surface area contributed by atoms with E-state index in [0.717, 1.165) is 12.0 Å². The highest BCUT2D eigenvalue weighted by atomic mass is 32.2. The van der Waals surface area contributed by atoms with Crippen molar-refractivity contribution >= 4 is 11.8 Å². The van der Waals surface area contributed by atoms with Crippen LogP contribution in [0.2, 0.25) is 0 Å². The Balaban J connectivity index is 3.01. The standard InChI is InChI=1S/C10H14OS/c1-3-8-4-9(7-11)6-10(5-8)12-2/h4-6,11H,3,7H2,1-2H3. The molecule has 0 aliphatic carbocycles. The van der Waals surface area contributed by atoms with Crippen LogP contribution in [-0.2, 0) is 13.0 Å². The molecule has 2 heteroatoms. The molecular formula is C10H14OS. The number of thioether (sulfide) groups is 1. The third-order valence-electron chi connectivity index (χ3n) is 1.85. The largest absolute Gasteiger partial charge is 0.392 e. The highest BCUT2D eigenvalue weighted by molar-refractivity contribution is 7.98. The van der Waals surface area contributed by atoms with Crippen LogP contribution in [0.1, 0.15) is 18.1 Å². The number of aryl methyl sites for hydroxylation is 1. The van der Waals surface area contributed by atoms with Crippen LogP contribution in [0.3, 0.4) is 0 Å². The van der Waals surface area contributed by atoms with Gasteiger partial charge in [-0.2, -0.15) is 0 Å². The number of aliphatic hydroxyl groups excluding tert-OH is 1. The Morgan fingerprint density at radius 3 is 2.42 bits per heavy atom. The predicted octanol–water partition coefficient (Wildman–Crippen LogP) is 2.46. The fraction of sp³-hybridized carbons (Fsp3) is 0.400. The first kappa shape index (κ1) is 9.62. The van der Waals surface area contributed by atoms with Crippen LogP contribution in [0.4, 0.5) is 0 Å². The zero-order valence-corrected chi connectivity index (χ0v) is 8.32. The molecule has 0 unspecified atom stereocenters. The SMILES string of the molecule is CCc1cc(CO)cc(SC)c1. The fourth-order valence-electron chi connectivity index (χ4n) is 1.14. The Kier molecular flexibility index (Phi) is 3.63. The molecule has 0 saturated carbocycles. The van der Waals surface area contributed by atoms with Crippen molar-refractivity contribution in [1.82, 2.24) is 0 Å². The van der Waals surface area contributed by atoms with Crippen molar-refractivity contribution < 1.29 is 5.11 Å². The normalized spacial score (nSPS) is 10.2. The van der Waals surface area contributed by atoms with E-state index in [-0.39, 0.29) is 6.61 Å². The van der Waals surface area contributed by atoms with Gasteiger partial charge in [-0.1, -0.05) is 13.0 Å². The first-order chi connectivity index (χ1) is 5.80. The molecule has 12 heavy (non-hydrogen) atoms.